The molecule has 0 spiro atoms. The molecule has 0 saturated carbocycles. The van der Waals surface area contributed by atoms with Gasteiger partial charge in [-0.2, -0.15) is 5.10 Å². The van der Waals surface area contributed by atoms with Gasteiger partial charge in [0.2, 0.25) is 0 Å². The normalized spacial score (nSPS) is 10.9. The first-order chi connectivity index (χ1) is 8.33. The summed E-state index contributed by atoms with van der Waals surface area (Å²) in [7, 11) is 1.66. The van der Waals surface area contributed by atoms with Crippen LogP contribution in [0.4, 0.5) is 5.82 Å². The Bertz CT molecular complexity index is 291. The lowest BCUT2D eigenvalue weighted by Gasteiger charge is -2.05. The summed E-state index contributed by atoms with van der Waals surface area (Å²) in [6, 6.07) is 1.77. The molecule has 1 rings (SSSR count). The predicted octanol–water partition coefficient (Wildman–Crippen LogP) is 0.535. The van der Waals surface area contributed by atoms with E-state index in [1.165, 1.54) is 0 Å². The number of aromatic nitrogens is 2. The van der Waals surface area contributed by atoms with Crippen LogP contribution in [0, 0.1) is 0 Å². The van der Waals surface area contributed by atoms with Gasteiger partial charge in [0.25, 0.3) is 0 Å². The minimum Gasteiger partial charge on any atom is -0.382 e. The van der Waals surface area contributed by atoms with E-state index in [9.17, 15) is 0 Å². The maximum Gasteiger partial charge on any atom is 0.145 e. The van der Waals surface area contributed by atoms with Gasteiger partial charge in [-0.15, -0.1) is 0 Å². The van der Waals surface area contributed by atoms with E-state index in [0.717, 1.165) is 13.0 Å². The quantitative estimate of drug-likeness (QED) is 0.607. The van der Waals surface area contributed by atoms with Crippen LogP contribution in [0.1, 0.15) is 6.42 Å². The largest absolute Gasteiger partial charge is 0.382 e. The van der Waals surface area contributed by atoms with Crippen LogP contribution < -0.4 is 5.73 Å². The van der Waals surface area contributed by atoms with Crippen LogP contribution in [-0.2, 0) is 20.8 Å². The van der Waals surface area contributed by atoms with Gasteiger partial charge >= 0.3 is 0 Å². The highest BCUT2D eigenvalue weighted by atomic mass is 16.5. The Labute approximate surface area is 102 Å². The zero-order valence-electron chi connectivity index (χ0n) is 10.3. The first-order valence-electron chi connectivity index (χ1n) is 5.76. The molecule has 6 nitrogen and oxygen atoms in total. The van der Waals surface area contributed by atoms with E-state index in [-0.39, 0.29) is 0 Å². The lowest BCUT2D eigenvalue weighted by molar-refractivity contribution is 0.0498. The molecule has 1 aromatic heterocycles. The molecule has 0 aromatic carbocycles. The molecule has 0 fully saturated rings. The van der Waals surface area contributed by atoms with Gasteiger partial charge < -0.3 is 19.9 Å². The summed E-state index contributed by atoms with van der Waals surface area (Å²) in [5, 5.41) is 4.05. The maximum atomic E-state index is 5.49. The molecule has 17 heavy (non-hydrogen) atoms. The van der Waals surface area contributed by atoms with Gasteiger partial charge in [0.1, 0.15) is 5.82 Å². The van der Waals surface area contributed by atoms with Gasteiger partial charge in [-0.1, -0.05) is 0 Å². The van der Waals surface area contributed by atoms with Crippen molar-refractivity contribution >= 4 is 5.82 Å². The SMILES string of the molecule is COCCOCCCOCCn1ccc(N)n1. The highest BCUT2D eigenvalue weighted by Gasteiger charge is 1.95. The number of nitrogens with zero attached hydrogens (tertiary/aromatic N) is 2. The molecule has 0 atom stereocenters. The fourth-order valence-corrected chi connectivity index (χ4v) is 1.27. The Kier molecular flexibility index (Phi) is 7.37. The first kappa shape index (κ1) is 14.0. The minimum atomic E-state index is 0.538. The van der Waals surface area contributed by atoms with Crippen molar-refractivity contribution in [3.05, 3.63) is 12.3 Å². The second-order valence-electron chi connectivity index (χ2n) is 3.57. The summed E-state index contributed by atoms with van der Waals surface area (Å²) < 4.78 is 17.4. The molecule has 0 bridgehead atoms. The first-order valence-corrected chi connectivity index (χ1v) is 5.76. The molecule has 0 unspecified atom stereocenters. The van der Waals surface area contributed by atoms with E-state index < -0.39 is 0 Å². The number of nitrogens with two attached hydrogens (primary N) is 1. The highest BCUT2D eigenvalue weighted by molar-refractivity contribution is 5.23. The van der Waals surface area contributed by atoms with Crippen LogP contribution in [0.5, 0.6) is 0 Å². The minimum absolute atomic E-state index is 0.538. The van der Waals surface area contributed by atoms with Crippen LogP contribution in [0.25, 0.3) is 0 Å². The molecule has 1 heterocycles. The molecule has 0 aliphatic rings. The fourth-order valence-electron chi connectivity index (χ4n) is 1.27. The van der Waals surface area contributed by atoms with E-state index in [1.54, 1.807) is 17.9 Å². The van der Waals surface area contributed by atoms with Crippen LogP contribution in [0.3, 0.4) is 0 Å². The number of anilines is 1. The average molecular weight is 243 g/mol. The molecule has 98 valence electrons. The van der Waals surface area contributed by atoms with Crippen molar-refractivity contribution in [1.82, 2.24) is 9.78 Å². The van der Waals surface area contributed by atoms with Gasteiger partial charge in [0.15, 0.2) is 0 Å². The summed E-state index contributed by atoms with van der Waals surface area (Å²) >= 11 is 0. The van der Waals surface area contributed by atoms with E-state index in [2.05, 4.69) is 5.10 Å². The monoisotopic (exact) mass is 243 g/mol. The standard InChI is InChI=1S/C11H21N3O3/c1-15-9-10-17-7-2-6-16-8-5-14-4-3-11(12)13-14/h3-4H,2,5-10H2,1H3,(H2,12,13). The lowest BCUT2D eigenvalue weighted by Crippen LogP contribution is -2.09. The number of nitrogen functional groups attached to an aromatic ring is 1. The van der Waals surface area contributed by atoms with Crippen LogP contribution in [0.2, 0.25) is 0 Å². The van der Waals surface area contributed by atoms with Gasteiger partial charge in [0, 0.05) is 26.5 Å². The summed E-state index contributed by atoms with van der Waals surface area (Å²) in [4.78, 5) is 0. The van der Waals surface area contributed by atoms with Crippen molar-refractivity contribution in [3.63, 3.8) is 0 Å². The number of methoxy groups -OCH3 is 1. The number of rotatable bonds is 10. The second-order valence-corrected chi connectivity index (χ2v) is 3.57. The van der Waals surface area contributed by atoms with E-state index >= 15 is 0 Å². The number of hydrogen-bond acceptors (Lipinski definition) is 5. The Morgan fingerprint density at radius 2 is 1.94 bits per heavy atom. The topological polar surface area (TPSA) is 71.5 Å². The summed E-state index contributed by atoms with van der Waals surface area (Å²) in [6.45, 7) is 4.05. The summed E-state index contributed by atoms with van der Waals surface area (Å²) in [6.07, 6.45) is 2.73. The molecular formula is C11H21N3O3. The van der Waals surface area contributed by atoms with E-state index in [1.807, 2.05) is 6.20 Å². The van der Waals surface area contributed by atoms with Crippen molar-refractivity contribution in [1.29, 1.82) is 0 Å². The van der Waals surface area contributed by atoms with Gasteiger partial charge in [0.05, 0.1) is 26.4 Å². The zero-order chi connectivity index (χ0) is 12.3. The average Bonchev–Trinajstić information content (AvgIpc) is 2.73. The van der Waals surface area contributed by atoms with Gasteiger partial charge in [-0.05, 0) is 12.5 Å². The molecule has 6 heteroatoms. The predicted molar refractivity (Wildman–Crippen MR) is 64.8 cm³/mol. The number of ether oxygens (including phenoxy) is 3. The van der Waals surface area contributed by atoms with Crippen LogP contribution in [0.15, 0.2) is 12.3 Å². The van der Waals surface area contributed by atoms with Gasteiger partial charge in [-0.3, -0.25) is 4.68 Å². The smallest absolute Gasteiger partial charge is 0.145 e. The molecule has 0 aliphatic heterocycles. The van der Waals surface area contributed by atoms with Crippen molar-refractivity contribution in [2.45, 2.75) is 13.0 Å². The van der Waals surface area contributed by atoms with E-state index in [4.69, 9.17) is 19.9 Å². The van der Waals surface area contributed by atoms with Crippen molar-refractivity contribution < 1.29 is 14.2 Å². The van der Waals surface area contributed by atoms with Crippen molar-refractivity contribution in [2.75, 3.05) is 45.9 Å². The van der Waals surface area contributed by atoms with Crippen molar-refractivity contribution in [2.24, 2.45) is 0 Å². The van der Waals surface area contributed by atoms with Crippen LogP contribution in [-0.4, -0.2) is 49.9 Å². The Morgan fingerprint density at radius 1 is 1.18 bits per heavy atom. The van der Waals surface area contributed by atoms with E-state index in [0.29, 0.717) is 38.9 Å². The third-order valence-electron chi connectivity index (χ3n) is 2.14. The maximum absolute atomic E-state index is 5.49. The highest BCUT2D eigenvalue weighted by Crippen LogP contribution is 1.95. The van der Waals surface area contributed by atoms with Crippen LogP contribution >= 0.6 is 0 Å². The molecule has 0 aliphatic carbocycles. The number of hydrogen-bond donors (Lipinski definition) is 1. The Balaban J connectivity index is 1.84. The van der Waals surface area contributed by atoms with Gasteiger partial charge in [-0.25, -0.2) is 0 Å². The Morgan fingerprint density at radius 3 is 2.59 bits per heavy atom. The molecule has 0 amide bonds. The van der Waals surface area contributed by atoms with Crippen molar-refractivity contribution in [3.8, 4) is 0 Å². The Hall–Kier alpha value is -1.11. The third-order valence-corrected chi connectivity index (χ3v) is 2.14. The third kappa shape index (κ3) is 6.93. The molecule has 1 aromatic rings. The lowest BCUT2D eigenvalue weighted by atomic mass is 10.5. The zero-order valence-corrected chi connectivity index (χ0v) is 10.3. The molecular weight excluding hydrogens is 222 g/mol. The molecule has 0 radical (unpaired) electrons. The fraction of sp³-hybridized carbons (Fsp3) is 0.727. The summed E-state index contributed by atoms with van der Waals surface area (Å²) in [5.74, 6) is 0.538. The molecule has 0 saturated heterocycles. The second kappa shape index (κ2) is 8.98. The molecule has 2 N–H and O–H groups in total. The summed E-state index contributed by atoms with van der Waals surface area (Å²) in [5.41, 5.74) is 5.49.